The molecule has 0 bridgehead atoms. The Morgan fingerprint density at radius 3 is 2.15 bits per heavy atom. The van der Waals surface area contributed by atoms with E-state index < -0.39 is 11.9 Å². The van der Waals surface area contributed by atoms with Gasteiger partial charge in [0.2, 0.25) is 5.91 Å². The van der Waals surface area contributed by atoms with Crippen LogP contribution in [0.2, 0.25) is 0 Å². The molecule has 2 rings (SSSR count). The number of carboxylic acids is 1. The second-order valence-corrected chi connectivity index (χ2v) is 5.57. The molecule has 3 N–H and O–H groups in total. The van der Waals surface area contributed by atoms with Crippen molar-refractivity contribution in [1.82, 2.24) is 9.80 Å². The van der Waals surface area contributed by atoms with Crippen LogP contribution in [0, 0.1) is 11.8 Å². The highest BCUT2D eigenvalue weighted by Crippen LogP contribution is 2.21. The lowest BCUT2D eigenvalue weighted by Gasteiger charge is -2.37. The molecule has 0 aromatic rings. The van der Waals surface area contributed by atoms with Crippen LogP contribution in [0.4, 0.5) is 4.79 Å². The number of primary amides is 1. The van der Waals surface area contributed by atoms with Crippen molar-refractivity contribution < 1.29 is 19.5 Å². The predicted octanol–water partition coefficient (Wildman–Crippen LogP) is 0.100. The predicted molar refractivity (Wildman–Crippen MR) is 70.8 cm³/mol. The Kier molecular flexibility index (Phi) is 4.46. The lowest BCUT2D eigenvalue weighted by molar-refractivity contribution is -0.143. The first-order valence-electron chi connectivity index (χ1n) is 7.05. The van der Waals surface area contributed by atoms with Crippen LogP contribution in [-0.2, 0) is 9.59 Å². The molecule has 2 heterocycles. The molecule has 1 atom stereocenters. The molecule has 7 nitrogen and oxygen atoms in total. The van der Waals surface area contributed by atoms with E-state index in [0.717, 1.165) is 6.42 Å². The molecule has 0 aliphatic carbocycles. The molecular weight excluding hydrogens is 262 g/mol. The lowest BCUT2D eigenvalue weighted by atomic mass is 9.96. The van der Waals surface area contributed by atoms with Crippen molar-refractivity contribution in [2.24, 2.45) is 17.6 Å². The van der Waals surface area contributed by atoms with Crippen LogP contribution >= 0.6 is 0 Å². The number of nitrogens with zero attached hydrogens (tertiary/aromatic N) is 2. The van der Waals surface area contributed by atoms with Gasteiger partial charge in [0.05, 0.1) is 5.92 Å². The van der Waals surface area contributed by atoms with Crippen LogP contribution in [0.3, 0.4) is 0 Å². The Bertz CT molecular complexity index is 404. The monoisotopic (exact) mass is 283 g/mol. The molecule has 0 aromatic carbocycles. The average Bonchev–Trinajstić information content (AvgIpc) is 2.46. The molecule has 7 heteroatoms. The van der Waals surface area contributed by atoms with E-state index in [0.29, 0.717) is 38.9 Å². The van der Waals surface area contributed by atoms with Crippen LogP contribution in [0.15, 0.2) is 0 Å². The third kappa shape index (κ3) is 3.20. The summed E-state index contributed by atoms with van der Waals surface area (Å²) < 4.78 is 0. The van der Waals surface area contributed by atoms with Crippen LogP contribution in [0.1, 0.15) is 25.7 Å². The summed E-state index contributed by atoms with van der Waals surface area (Å²) in [5.74, 6) is -1.75. The van der Waals surface area contributed by atoms with Crippen LogP contribution in [0.5, 0.6) is 0 Å². The number of carbonyl (C=O) groups excluding carboxylic acids is 2. The van der Waals surface area contributed by atoms with Gasteiger partial charge < -0.3 is 20.6 Å². The minimum atomic E-state index is -0.838. The zero-order chi connectivity index (χ0) is 14.7. The molecule has 0 unspecified atom stereocenters. The van der Waals surface area contributed by atoms with Gasteiger partial charge in [-0.05, 0) is 25.7 Å². The zero-order valence-electron chi connectivity index (χ0n) is 11.5. The number of urea groups is 1. The average molecular weight is 283 g/mol. The number of amides is 3. The third-order valence-electron chi connectivity index (χ3n) is 4.21. The molecule has 2 saturated heterocycles. The summed E-state index contributed by atoms with van der Waals surface area (Å²) in [6, 6.07) is -0.112. The summed E-state index contributed by atoms with van der Waals surface area (Å²) in [6.07, 6.45) is 2.54. The summed E-state index contributed by atoms with van der Waals surface area (Å²) >= 11 is 0. The Morgan fingerprint density at radius 2 is 1.60 bits per heavy atom. The van der Waals surface area contributed by atoms with Crippen molar-refractivity contribution in [1.29, 1.82) is 0 Å². The Morgan fingerprint density at radius 1 is 0.950 bits per heavy atom. The molecule has 2 aliphatic heterocycles. The highest BCUT2D eigenvalue weighted by atomic mass is 16.4. The number of hydrogen-bond donors (Lipinski definition) is 2. The fourth-order valence-electron chi connectivity index (χ4n) is 2.91. The number of nitrogens with two attached hydrogens (primary N) is 1. The molecule has 0 aromatic heterocycles. The van der Waals surface area contributed by atoms with Gasteiger partial charge in [-0.2, -0.15) is 0 Å². The van der Waals surface area contributed by atoms with Crippen LogP contribution in [0.25, 0.3) is 0 Å². The number of carbonyl (C=O) groups is 3. The molecule has 3 amide bonds. The minimum absolute atomic E-state index is 0.112. The number of hydrogen-bond acceptors (Lipinski definition) is 3. The van der Waals surface area contributed by atoms with E-state index in [-0.39, 0.29) is 24.4 Å². The quantitative estimate of drug-likeness (QED) is 0.750. The van der Waals surface area contributed by atoms with Gasteiger partial charge in [-0.15, -0.1) is 0 Å². The molecule has 0 saturated carbocycles. The smallest absolute Gasteiger partial charge is 0.320 e. The fraction of sp³-hybridized carbons (Fsp3) is 0.769. The molecular formula is C13H21N3O4. The third-order valence-corrected chi connectivity index (χ3v) is 4.21. The van der Waals surface area contributed by atoms with E-state index in [4.69, 9.17) is 10.8 Å². The number of likely N-dealkylation sites (tertiary alicyclic amines) is 2. The Hall–Kier alpha value is -1.79. The standard InChI is InChI=1S/C13H21N3O4/c14-11(17)9-3-6-15(7-4-9)13(20)16-5-1-2-10(8-16)12(18)19/h9-10H,1-8H2,(H2,14,17)(H,18,19)/t10-/m1/s1. The first-order chi connectivity index (χ1) is 9.49. The first-order valence-corrected chi connectivity index (χ1v) is 7.05. The van der Waals surface area contributed by atoms with E-state index >= 15 is 0 Å². The first kappa shape index (κ1) is 14.6. The number of aliphatic carboxylic acids is 1. The van der Waals surface area contributed by atoms with Gasteiger partial charge in [0.1, 0.15) is 0 Å². The van der Waals surface area contributed by atoms with Gasteiger partial charge in [0.25, 0.3) is 0 Å². The van der Waals surface area contributed by atoms with E-state index in [1.54, 1.807) is 9.80 Å². The largest absolute Gasteiger partial charge is 0.481 e. The van der Waals surface area contributed by atoms with Crippen LogP contribution < -0.4 is 5.73 Å². The maximum Gasteiger partial charge on any atom is 0.320 e. The van der Waals surface area contributed by atoms with Gasteiger partial charge in [-0.1, -0.05) is 0 Å². The Labute approximate surface area is 117 Å². The highest BCUT2D eigenvalue weighted by molar-refractivity contribution is 5.79. The Balaban J connectivity index is 1.88. The zero-order valence-corrected chi connectivity index (χ0v) is 11.5. The van der Waals surface area contributed by atoms with E-state index in [1.165, 1.54) is 0 Å². The van der Waals surface area contributed by atoms with Gasteiger partial charge in [0.15, 0.2) is 0 Å². The van der Waals surface area contributed by atoms with Gasteiger partial charge >= 0.3 is 12.0 Å². The summed E-state index contributed by atoms with van der Waals surface area (Å²) in [5, 5.41) is 9.04. The summed E-state index contributed by atoms with van der Waals surface area (Å²) in [5.41, 5.74) is 5.26. The molecule has 0 spiro atoms. The molecule has 112 valence electrons. The van der Waals surface area contributed by atoms with Crippen molar-refractivity contribution in [3.63, 3.8) is 0 Å². The van der Waals surface area contributed by atoms with Crippen molar-refractivity contribution in [3.8, 4) is 0 Å². The van der Waals surface area contributed by atoms with E-state index in [2.05, 4.69) is 0 Å². The number of piperidine rings is 2. The summed E-state index contributed by atoms with van der Waals surface area (Å²) in [4.78, 5) is 37.8. The maximum absolute atomic E-state index is 12.3. The summed E-state index contributed by atoms with van der Waals surface area (Å²) in [7, 11) is 0. The van der Waals surface area contributed by atoms with Crippen molar-refractivity contribution >= 4 is 17.9 Å². The van der Waals surface area contributed by atoms with Crippen molar-refractivity contribution in [2.45, 2.75) is 25.7 Å². The number of rotatable bonds is 2. The van der Waals surface area contributed by atoms with Crippen LogP contribution in [-0.4, -0.2) is 59.0 Å². The maximum atomic E-state index is 12.3. The topological polar surface area (TPSA) is 104 Å². The van der Waals surface area contributed by atoms with Crippen molar-refractivity contribution in [2.75, 3.05) is 26.2 Å². The fourth-order valence-corrected chi connectivity index (χ4v) is 2.91. The molecule has 20 heavy (non-hydrogen) atoms. The van der Waals surface area contributed by atoms with Gasteiger partial charge in [0, 0.05) is 32.1 Å². The molecule has 2 fully saturated rings. The lowest BCUT2D eigenvalue weighted by Crippen LogP contribution is -2.51. The van der Waals surface area contributed by atoms with E-state index in [1.807, 2.05) is 0 Å². The van der Waals surface area contributed by atoms with Gasteiger partial charge in [-0.25, -0.2) is 4.79 Å². The second kappa shape index (κ2) is 6.11. The second-order valence-electron chi connectivity index (χ2n) is 5.57. The summed E-state index contributed by atoms with van der Waals surface area (Å²) in [6.45, 7) is 1.92. The van der Waals surface area contributed by atoms with Gasteiger partial charge in [-0.3, -0.25) is 9.59 Å². The van der Waals surface area contributed by atoms with E-state index in [9.17, 15) is 14.4 Å². The van der Waals surface area contributed by atoms with Crippen molar-refractivity contribution in [3.05, 3.63) is 0 Å². The highest BCUT2D eigenvalue weighted by Gasteiger charge is 2.32. The normalized spacial score (nSPS) is 24.5. The molecule has 0 radical (unpaired) electrons. The SMILES string of the molecule is NC(=O)C1CCN(C(=O)N2CCC[C@@H](C(=O)O)C2)CC1. The molecule has 2 aliphatic rings. The number of carboxylic acid groups (broad SMARTS) is 1. The minimum Gasteiger partial charge on any atom is -0.481 e.